The Kier molecular flexibility index (Phi) is 8.77. The van der Waals surface area contributed by atoms with E-state index in [1.807, 2.05) is 0 Å². The van der Waals surface area contributed by atoms with Crippen molar-refractivity contribution in [2.75, 3.05) is 17.3 Å². The SMILES string of the molecule is CN(c1nc(Cl)ncc1Br)C1CCCC1.Clc1ncc(Br)c(NC2CCCC2)n1. The van der Waals surface area contributed by atoms with Gasteiger partial charge in [0.25, 0.3) is 0 Å². The highest BCUT2D eigenvalue weighted by molar-refractivity contribution is 9.11. The van der Waals surface area contributed by atoms with Crippen molar-refractivity contribution in [2.24, 2.45) is 0 Å². The minimum atomic E-state index is 0.286. The molecule has 0 bridgehead atoms. The zero-order valence-electron chi connectivity index (χ0n) is 16.2. The summed E-state index contributed by atoms with van der Waals surface area (Å²) >= 11 is 18.4. The minimum absolute atomic E-state index is 0.286. The molecule has 6 nitrogen and oxygen atoms in total. The third-order valence-corrected chi connectivity index (χ3v) is 6.82. The zero-order chi connectivity index (χ0) is 20.8. The van der Waals surface area contributed by atoms with Gasteiger partial charge in [-0.15, -0.1) is 0 Å². The summed E-state index contributed by atoms with van der Waals surface area (Å²) in [6.07, 6.45) is 13.5. The number of nitrogens with zero attached hydrogens (tertiary/aromatic N) is 5. The first-order valence-corrected chi connectivity index (χ1v) is 12.1. The van der Waals surface area contributed by atoms with Gasteiger partial charge in [0.05, 0.1) is 8.95 Å². The average Bonchev–Trinajstić information content (AvgIpc) is 3.41. The quantitative estimate of drug-likeness (QED) is 0.425. The van der Waals surface area contributed by atoms with Crippen molar-refractivity contribution in [2.45, 2.75) is 63.5 Å². The monoisotopic (exact) mass is 564 g/mol. The Labute approximate surface area is 198 Å². The zero-order valence-corrected chi connectivity index (χ0v) is 20.9. The van der Waals surface area contributed by atoms with E-state index in [0.717, 1.165) is 20.6 Å². The Morgan fingerprint density at radius 3 is 2.10 bits per heavy atom. The van der Waals surface area contributed by atoms with Gasteiger partial charge in [-0.3, -0.25) is 0 Å². The molecule has 4 rings (SSSR count). The lowest BCUT2D eigenvalue weighted by atomic mass is 10.2. The van der Waals surface area contributed by atoms with Crippen LogP contribution in [0.25, 0.3) is 0 Å². The molecule has 1 N–H and O–H groups in total. The summed E-state index contributed by atoms with van der Waals surface area (Å²) < 4.78 is 1.77. The fourth-order valence-corrected chi connectivity index (χ4v) is 4.80. The molecule has 2 aliphatic rings. The van der Waals surface area contributed by atoms with Gasteiger partial charge < -0.3 is 10.2 Å². The van der Waals surface area contributed by atoms with Crippen molar-refractivity contribution >= 4 is 66.7 Å². The second kappa shape index (κ2) is 11.1. The molecule has 29 heavy (non-hydrogen) atoms. The molecule has 0 aliphatic heterocycles. The van der Waals surface area contributed by atoms with Crippen LogP contribution in [0.15, 0.2) is 21.3 Å². The predicted octanol–water partition coefficient (Wildman–Crippen LogP) is 6.52. The number of hydrogen-bond acceptors (Lipinski definition) is 6. The molecule has 2 heterocycles. The van der Waals surface area contributed by atoms with Crippen LogP contribution in [0.3, 0.4) is 0 Å². The number of hydrogen-bond donors (Lipinski definition) is 1. The lowest BCUT2D eigenvalue weighted by Crippen LogP contribution is -2.30. The molecule has 0 radical (unpaired) electrons. The molecule has 2 saturated carbocycles. The third-order valence-electron chi connectivity index (χ3n) is 5.31. The van der Waals surface area contributed by atoms with Gasteiger partial charge in [-0.25, -0.2) is 9.97 Å². The Bertz CT molecular complexity index is 813. The van der Waals surface area contributed by atoms with Gasteiger partial charge in [-0.2, -0.15) is 9.97 Å². The standard InChI is InChI=1S/C10H13BrClN3.C9H11BrClN3/c1-15(7-4-2-3-5-7)9-8(11)6-13-10(12)14-9;10-7-5-12-9(11)14-8(7)13-6-3-1-2-4-6/h6-7H,2-5H2,1H3;5-6H,1-4H2,(H,12,13,14). The van der Waals surface area contributed by atoms with Gasteiger partial charge in [0.1, 0.15) is 11.6 Å². The van der Waals surface area contributed by atoms with Crippen molar-refractivity contribution < 1.29 is 0 Å². The fourth-order valence-electron chi connectivity index (χ4n) is 3.76. The molecule has 158 valence electrons. The number of aromatic nitrogens is 4. The number of nitrogens with one attached hydrogen (secondary N) is 1. The maximum absolute atomic E-state index is 5.80. The molecule has 0 saturated heterocycles. The maximum Gasteiger partial charge on any atom is 0.224 e. The molecule has 2 aromatic rings. The summed E-state index contributed by atoms with van der Waals surface area (Å²) in [5.41, 5.74) is 0. The first kappa shape index (κ1) is 23.0. The second-order valence-corrected chi connectivity index (χ2v) is 9.71. The Balaban J connectivity index is 0.000000166. The van der Waals surface area contributed by atoms with E-state index in [9.17, 15) is 0 Å². The van der Waals surface area contributed by atoms with Crippen LogP contribution in [-0.2, 0) is 0 Å². The molecule has 0 unspecified atom stereocenters. The van der Waals surface area contributed by atoms with Crippen LogP contribution in [0, 0.1) is 0 Å². The molecule has 2 aliphatic carbocycles. The van der Waals surface area contributed by atoms with Crippen molar-refractivity contribution in [3.05, 3.63) is 31.9 Å². The van der Waals surface area contributed by atoms with Crippen molar-refractivity contribution in [1.82, 2.24) is 19.9 Å². The Hall–Kier alpha value is -0.700. The summed E-state index contributed by atoms with van der Waals surface area (Å²) in [6, 6.07) is 1.13. The lowest BCUT2D eigenvalue weighted by molar-refractivity contribution is 0.644. The molecule has 0 atom stereocenters. The summed E-state index contributed by atoms with van der Waals surface area (Å²) in [6.45, 7) is 0. The first-order valence-electron chi connectivity index (χ1n) is 9.79. The van der Waals surface area contributed by atoms with Gasteiger partial charge in [0, 0.05) is 31.5 Å². The molecule has 2 fully saturated rings. The van der Waals surface area contributed by atoms with E-state index in [1.54, 1.807) is 12.4 Å². The van der Waals surface area contributed by atoms with Crippen LogP contribution >= 0.6 is 55.1 Å². The normalized spacial score (nSPS) is 17.1. The first-order chi connectivity index (χ1) is 13.9. The van der Waals surface area contributed by atoms with E-state index in [2.05, 4.69) is 69.1 Å². The van der Waals surface area contributed by atoms with Crippen LogP contribution in [-0.4, -0.2) is 39.1 Å². The van der Waals surface area contributed by atoms with E-state index in [1.165, 1.54) is 51.4 Å². The highest BCUT2D eigenvalue weighted by atomic mass is 79.9. The summed E-state index contributed by atoms with van der Waals surface area (Å²) in [5, 5.41) is 3.96. The van der Waals surface area contributed by atoms with Crippen LogP contribution in [0.1, 0.15) is 51.4 Å². The smallest absolute Gasteiger partial charge is 0.224 e. The van der Waals surface area contributed by atoms with E-state index in [-0.39, 0.29) is 5.28 Å². The molecule has 0 spiro atoms. The number of halogens is 4. The van der Waals surface area contributed by atoms with Crippen LogP contribution in [0.5, 0.6) is 0 Å². The largest absolute Gasteiger partial charge is 0.366 e. The number of rotatable bonds is 4. The van der Waals surface area contributed by atoms with Crippen molar-refractivity contribution in [1.29, 1.82) is 0 Å². The molecule has 10 heteroatoms. The second-order valence-electron chi connectivity index (χ2n) is 7.32. The summed E-state index contributed by atoms with van der Waals surface area (Å²) in [4.78, 5) is 18.4. The predicted molar refractivity (Wildman–Crippen MR) is 126 cm³/mol. The Morgan fingerprint density at radius 1 is 0.897 bits per heavy atom. The van der Waals surface area contributed by atoms with E-state index >= 15 is 0 Å². The van der Waals surface area contributed by atoms with Crippen LogP contribution in [0.4, 0.5) is 11.6 Å². The van der Waals surface area contributed by atoms with Gasteiger partial charge in [-0.1, -0.05) is 25.7 Å². The molecule has 0 amide bonds. The molecule has 0 aromatic carbocycles. The fraction of sp³-hybridized carbons (Fsp3) is 0.579. The van der Waals surface area contributed by atoms with Gasteiger partial charge >= 0.3 is 0 Å². The van der Waals surface area contributed by atoms with E-state index < -0.39 is 0 Å². The summed E-state index contributed by atoms with van der Waals surface area (Å²) in [7, 11) is 2.07. The summed E-state index contributed by atoms with van der Waals surface area (Å²) in [5.74, 6) is 1.69. The van der Waals surface area contributed by atoms with Gasteiger partial charge in [0.2, 0.25) is 10.6 Å². The highest BCUT2D eigenvalue weighted by Crippen LogP contribution is 2.30. The van der Waals surface area contributed by atoms with Crippen LogP contribution in [0.2, 0.25) is 10.6 Å². The van der Waals surface area contributed by atoms with E-state index in [4.69, 9.17) is 23.2 Å². The highest BCUT2D eigenvalue weighted by Gasteiger charge is 2.22. The van der Waals surface area contributed by atoms with Gasteiger partial charge in [0.15, 0.2) is 0 Å². The topological polar surface area (TPSA) is 66.8 Å². The molecular weight excluding hydrogens is 543 g/mol. The average molecular weight is 567 g/mol. The molecular formula is C19H24Br2Cl2N6. The molecule has 2 aromatic heterocycles. The van der Waals surface area contributed by atoms with E-state index in [0.29, 0.717) is 17.4 Å². The maximum atomic E-state index is 5.80. The number of anilines is 2. The minimum Gasteiger partial charge on any atom is -0.366 e. The van der Waals surface area contributed by atoms with Gasteiger partial charge in [-0.05, 0) is 80.7 Å². The van der Waals surface area contributed by atoms with Crippen molar-refractivity contribution in [3.8, 4) is 0 Å². The van der Waals surface area contributed by atoms with Crippen molar-refractivity contribution in [3.63, 3.8) is 0 Å². The van der Waals surface area contributed by atoms with Crippen LogP contribution < -0.4 is 10.2 Å². The third kappa shape index (κ3) is 6.64. The lowest BCUT2D eigenvalue weighted by Gasteiger charge is -2.26. The Morgan fingerprint density at radius 2 is 1.45 bits per heavy atom.